The van der Waals surface area contributed by atoms with E-state index in [4.69, 9.17) is 10.5 Å². The van der Waals surface area contributed by atoms with Gasteiger partial charge in [0.2, 0.25) is 0 Å². The second-order valence-corrected chi connectivity index (χ2v) is 4.80. The molecule has 0 spiro atoms. The minimum absolute atomic E-state index is 0.520. The molecule has 1 fully saturated rings. The molecule has 0 aliphatic carbocycles. The van der Waals surface area contributed by atoms with Crippen LogP contribution in [0.15, 0.2) is 23.7 Å². The van der Waals surface area contributed by atoms with Gasteiger partial charge in [-0.2, -0.15) is 0 Å². The van der Waals surface area contributed by atoms with Gasteiger partial charge >= 0.3 is 0 Å². The van der Waals surface area contributed by atoms with E-state index in [0.29, 0.717) is 5.96 Å². The third-order valence-electron chi connectivity index (χ3n) is 3.25. The number of morpholine rings is 1. The first-order valence-electron chi connectivity index (χ1n) is 7.14. The number of nitrogens with two attached hydrogens (primary N) is 1. The number of aromatic nitrogens is 2. The second kappa shape index (κ2) is 8.55. The Hall–Kier alpha value is -1.60. The Labute approximate surface area is 119 Å². The van der Waals surface area contributed by atoms with Crippen molar-refractivity contribution in [1.82, 2.24) is 19.8 Å². The average molecular weight is 280 g/mol. The fourth-order valence-electron chi connectivity index (χ4n) is 2.11. The normalized spacial score (nSPS) is 17.3. The monoisotopic (exact) mass is 280 g/mol. The van der Waals surface area contributed by atoms with E-state index >= 15 is 0 Å². The Morgan fingerprint density at radius 3 is 2.95 bits per heavy atom. The van der Waals surface area contributed by atoms with Crippen LogP contribution in [0.4, 0.5) is 0 Å². The molecule has 2 rings (SSSR count). The lowest BCUT2D eigenvalue weighted by Gasteiger charge is -2.26. The molecule has 0 bridgehead atoms. The summed E-state index contributed by atoms with van der Waals surface area (Å²) in [6.45, 7) is 7.18. The predicted octanol–water partition coefficient (Wildman–Crippen LogP) is -0.490. The first kappa shape index (κ1) is 14.8. The maximum Gasteiger partial charge on any atom is 0.188 e. The molecule has 0 amide bonds. The molecular formula is C13H24N6O. The highest BCUT2D eigenvalue weighted by molar-refractivity contribution is 5.77. The van der Waals surface area contributed by atoms with Crippen LogP contribution in [0.25, 0.3) is 0 Å². The number of aliphatic imine (C=N–C) groups is 1. The molecule has 1 aliphatic rings. The molecule has 0 atom stereocenters. The Bertz CT molecular complexity index is 386. The van der Waals surface area contributed by atoms with Crippen LogP contribution in [-0.2, 0) is 11.3 Å². The van der Waals surface area contributed by atoms with Crippen molar-refractivity contribution in [3.63, 3.8) is 0 Å². The first-order chi connectivity index (χ1) is 9.84. The zero-order valence-electron chi connectivity index (χ0n) is 11.9. The summed E-state index contributed by atoms with van der Waals surface area (Å²) in [4.78, 5) is 10.7. The molecule has 2 heterocycles. The van der Waals surface area contributed by atoms with Crippen LogP contribution >= 0.6 is 0 Å². The molecule has 7 heteroatoms. The summed E-state index contributed by atoms with van der Waals surface area (Å²) < 4.78 is 7.31. The Morgan fingerprint density at radius 2 is 2.20 bits per heavy atom. The minimum Gasteiger partial charge on any atom is -0.379 e. The van der Waals surface area contributed by atoms with Gasteiger partial charge in [0.25, 0.3) is 0 Å². The minimum atomic E-state index is 0.520. The SMILES string of the molecule is NC(=NCCCN1CCOCC1)NCCn1ccnc1. The zero-order valence-corrected chi connectivity index (χ0v) is 11.9. The van der Waals surface area contributed by atoms with Gasteiger partial charge < -0.3 is 20.4 Å². The molecule has 1 saturated heterocycles. The van der Waals surface area contributed by atoms with Crippen LogP contribution in [0, 0.1) is 0 Å². The van der Waals surface area contributed by atoms with E-state index in [-0.39, 0.29) is 0 Å². The van der Waals surface area contributed by atoms with Gasteiger partial charge in [-0.05, 0) is 6.42 Å². The standard InChI is InChI=1S/C13H24N6O/c14-13(17-4-7-19-6-3-15-12-19)16-2-1-5-18-8-10-20-11-9-18/h3,6,12H,1-2,4-5,7-11H2,(H3,14,16,17). The van der Waals surface area contributed by atoms with Crippen molar-refractivity contribution < 1.29 is 4.74 Å². The highest BCUT2D eigenvalue weighted by atomic mass is 16.5. The average Bonchev–Trinajstić information content (AvgIpc) is 2.98. The van der Waals surface area contributed by atoms with Crippen molar-refractivity contribution in [2.45, 2.75) is 13.0 Å². The number of hydrogen-bond acceptors (Lipinski definition) is 4. The first-order valence-corrected chi connectivity index (χ1v) is 7.14. The van der Waals surface area contributed by atoms with Crippen LogP contribution in [-0.4, -0.2) is 66.3 Å². The van der Waals surface area contributed by atoms with Crippen LogP contribution < -0.4 is 11.1 Å². The van der Waals surface area contributed by atoms with Gasteiger partial charge in [0.05, 0.1) is 19.5 Å². The number of rotatable bonds is 7. The molecule has 20 heavy (non-hydrogen) atoms. The third kappa shape index (κ3) is 5.58. The van der Waals surface area contributed by atoms with Crippen LogP contribution in [0.1, 0.15) is 6.42 Å². The zero-order chi connectivity index (χ0) is 14.0. The maximum atomic E-state index is 5.81. The van der Waals surface area contributed by atoms with Crippen LogP contribution in [0.3, 0.4) is 0 Å². The quantitative estimate of drug-likeness (QED) is 0.400. The second-order valence-electron chi connectivity index (χ2n) is 4.80. The molecule has 0 unspecified atom stereocenters. The largest absolute Gasteiger partial charge is 0.379 e. The van der Waals surface area contributed by atoms with E-state index in [9.17, 15) is 0 Å². The lowest BCUT2D eigenvalue weighted by Crippen LogP contribution is -2.37. The highest BCUT2D eigenvalue weighted by Crippen LogP contribution is 1.97. The molecule has 7 nitrogen and oxygen atoms in total. The summed E-state index contributed by atoms with van der Waals surface area (Å²) in [7, 11) is 0. The topological polar surface area (TPSA) is 80.7 Å². The van der Waals surface area contributed by atoms with Crippen molar-refractivity contribution in [3.8, 4) is 0 Å². The summed E-state index contributed by atoms with van der Waals surface area (Å²) in [5, 5.41) is 3.10. The van der Waals surface area contributed by atoms with Crippen LogP contribution in [0.2, 0.25) is 0 Å². The summed E-state index contributed by atoms with van der Waals surface area (Å²) in [5.74, 6) is 0.520. The molecular weight excluding hydrogens is 256 g/mol. The van der Waals surface area contributed by atoms with Gasteiger partial charge in [-0.15, -0.1) is 0 Å². The molecule has 1 aromatic heterocycles. The molecule has 112 valence electrons. The molecule has 1 aliphatic heterocycles. The summed E-state index contributed by atoms with van der Waals surface area (Å²) in [6, 6.07) is 0. The Morgan fingerprint density at radius 1 is 1.35 bits per heavy atom. The van der Waals surface area contributed by atoms with E-state index < -0.39 is 0 Å². The summed E-state index contributed by atoms with van der Waals surface area (Å²) in [5.41, 5.74) is 5.81. The van der Waals surface area contributed by atoms with E-state index in [1.54, 1.807) is 12.5 Å². The van der Waals surface area contributed by atoms with Crippen molar-refractivity contribution in [3.05, 3.63) is 18.7 Å². The lowest BCUT2D eigenvalue weighted by molar-refractivity contribution is 0.0377. The Kier molecular flexibility index (Phi) is 6.33. The summed E-state index contributed by atoms with van der Waals surface area (Å²) in [6.07, 6.45) is 6.52. The van der Waals surface area contributed by atoms with Crippen molar-refractivity contribution >= 4 is 5.96 Å². The van der Waals surface area contributed by atoms with Gasteiger partial charge in [0.15, 0.2) is 5.96 Å². The maximum absolute atomic E-state index is 5.81. The lowest BCUT2D eigenvalue weighted by atomic mass is 10.3. The number of hydrogen-bond donors (Lipinski definition) is 2. The van der Waals surface area contributed by atoms with Gasteiger partial charge in [-0.1, -0.05) is 0 Å². The van der Waals surface area contributed by atoms with E-state index in [1.807, 2.05) is 10.8 Å². The van der Waals surface area contributed by atoms with E-state index in [2.05, 4.69) is 20.2 Å². The van der Waals surface area contributed by atoms with E-state index in [0.717, 1.165) is 58.9 Å². The molecule has 0 saturated carbocycles. The molecule has 0 radical (unpaired) electrons. The highest BCUT2D eigenvalue weighted by Gasteiger charge is 2.08. The van der Waals surface area contributed by atoms with Crippen molar-refractivity contribution in [2.24, 2.45) is 10.7 Å². The predicted molar refractivity (Wildman–Crippen MR) is 78.6 cm³/mol. The number of ether oxygens (including phenoxy) is 1. The Balaban J connectivity index is 1.52. The van der Waals surface area contributed by atoms with Crippen molar-refractivity contribution in [1.29, 1.82) is 0 Å². The van der Waals surface area contributed by atoms with Gasteiger partial charge in [-0.3, -0.25) is 9.89 Å². The van der Waals surface area contributed by atoms with Gasteiger partial charge in [0.1, 0.15) is 0 Å². The number of guanidine groups is 1. The molecule has 0 aromatic carbocycles. The third-order valence-corrected chi connectivity index (χ3v) is 3.25. The number of nitrogens with zero attached hydrogens (tertiary/aromatic N) is 4. The van der Waals surface area contributed by atoms with Gasteiger partial charge in [0, 0.05) is 51.7 Å². The molecule has 3 N–H and O–H groups in total. The van der Waals surface area contributed by atoms with Crippen LogP contribution in [0.5, 0.6) is 0 Å². The van der Waals surface area contributed by atoms with E-state index in [1.165, 1.54) is 0 Å². The molecule has 1 aromatic rings. The fourth-order valence-corrected chi connectivity index (χ4v) is 2.11. The number of nitrogens with one attached hydrogen (secondary N) is 1. The smallest absolute Gasteiger partial charge is 0.188 e. The van der Waals surface area contributed by atoms with Gasteiger partial charge in [-0.25, -0.2) is 4.98 Å². The fraction of sp³-hybridized carbons (Fsp3) is 0.692. The number of imidazole rings is 1. The summed E-state index contributed by atoms with van der Waals surface area (Å²) >= 11 is 0. The van der Waals surface area contributed by atoms with Crippen molar-refractivity contribution in [2.75, 3.05) is 45.9 Å².